The summed E-state index contributed by atoms with van der Waals surface area (Å²) in [6.07, 6.45) is 0. The van der Waals surface area contributed by atoms with E-state index in [1.165, 1.54) is 0 Å². The third-order valence-electron chi connectivity index (χ3n) is 4.24. The number of hydrogen-bond donors (Lipinski definition) is 2. The van der Waals surface area contributed by atoms with Crippen molar-refractivity contribution in [3.05, 3.63) is 34.1 Å². The third-order valence-corrected chi connectivity index (χ3v) is 4.24. The van der Waals surface area contributed by atoms with Crippen LogP contribution >= 0.6 is 0 Å². The molecule has 0 spiro atoms. The van der Waals surface area contributed by atoms with Crippen molar-refractivity contribution < 1.29 is 9.47 Å². The Morgan fingerprint density at radius 1 is 1.08 bits per heavy atom. The standard InChI is InChI=1S/C18H27N3O3/c1-5-21(6-2)8-7-19-12-14-9-13-10-16(23-3)17(24-4)11-15(13)20-18(14)22/h9-11,19H,5-8,12H2,1-4H3,(H,20,22). The number of nitrogens with zero attached hydrogens (tertiary/aromatic N) is 1. The summed E-state index contributed by atoms with van der Waals surface area (Å²) in [5.74, 6) is 1.25. The fourth-order valence-electron chi connectivity index (χ4n) is 2.71. The second-order valence-corrected chi connectivity index (χ2v) is 5.62. The maximum absolute atomic E-state index is 12.2. The SMILES string of the molecule is CCN(CC)CCNCc1cc2cc(OC)c(OC)cc2[nH]c1=O. The second-order valence-electron chi connectivity index (χ2n) is 5.62. The molecule has 0 bridgehead atoms. The lowest BCUT2D eigenvalue weighted by Gasteiger charge is -2.18. The van der Waals surface area contributed by atoms with Crippen LogP contribution in [-0.2, 0) is 6.54 Å². The zero-order valence-electron chi connectivity index (χ0n) is 14.9. The average Bonchev–Trinajstić information content (AvgIpc) is 2.61. The van der Waals surface area contributed by atoms with E-state index in [0.717, 1.165) is 37.1 Å². The molecule has 6 heteroatoms. The summed E-state index contributed by atoms with van der Waals surface area (Å²) >= 11 is 0. The molecule has 24 heavy (non-hydrogen) atoms. The smallest absolute Gasteiger partial charge is 0.252 e. The van der Waals surface area contributed by atoms with E-state index in [-0.39, 0.29) is 5.56 Å². The van der Waals surface area contributed by atoms with Gasteiger partial charge in [-0.3, -0.25) is 4.79 Å². The molecule has 0 saturated heterocycles. The van der Waals surface area contributed by atoms with Crippen LogP contribution < -0.4 is 20.3 Å². The highest BCUT2D eigenvalue weighted by Crippen LogP contribution is 2.30. The Labute approximate surface area is 142 Å². The van der Waals surface area contributed by atoms with Crippen LogP contribution in [0.15, 0.2) is 23.0 Å². The molecule has 0 unspecified atom stereocenters. The fourth-order valence-corrected chi connectivity index (χ4v) is 2.71. The number of aromatic amines is 1. The van der Waals surface area contributed by atoms with Gasteiger partial charge in [-0.05, 0) is 25.2 Å². The molecule has 1 aromatic heterocycles. The summed E-state index contributed by atoms with van der Waals surface area (Å²) in [6, 6.07) is 5.57. The van der Waals surface area contributed by atoms with Crippen molar-refractivity contribution in [1.29, 1.82) is 0 Å². The molecule has 1 heterocycles. The monoisotopic (exact) mass is 333 g/mol. The van der Waals surface area contributed by atoms with Gasteiger partial charge in [-0.25, -0.2) is 0 Å². The van der Waals surface area contributed by atoms with Gasteiger partial charge in [0.2, 0.25) is 0 Å². The molecule has 6 nitrogen and oxygen atoms in total. The number of pyridine rings is 1. The van der Waals surface area contributed by atoms with Gasteiger partial charge in [-0.1, -0.05) is 13.8 Å². The summed E-state index contributed by atoms with van der Waals surface area (Å²) in [6.45, 7) is 8.75. The number of nitrogens with one attached hydrogen (secondary N) is 2. The molecule has 2 rings (SSSR count). The summed E-state index contributed by atoms with van der Waals surface area (Å²) < 4.78 is 10.6. The van der Waals surface area contributed by atoms with E-state index in [2.05, 4.69) is 29.0 Å². The lowest BCUT2D eigenvalue weighted by Crippen LogP contribution is -2.32. The number of likely N-dealkylation sites (N-methyl/N-ethyl adjacent to an activating group) is 1. The zero-order chi connectivity index (χ0) is 17.5. The number of fused-ring (bicyclic) bond motifs is 1. The minimum Gasteiger partial charge on any atom is -0.493 e. The van der Waals surface area contributed by atoms with Crippen LogP contribution in [0, 0.1) is 0 Å². The Morgan fingerprint density at radius 3 is 2.38 bits per heavy atom. The van der Waals surface area contributed by atoms with Crippen molar-refractivity contribution in [2.75, 3.05) is 40.4 Å². The van der Waals surface area contributed by atoms with E-state index in [4.69, 9.17) is 9.47 Å². The highest BCUT2D eigenvalue weighted by Gasteiger charge is 2.09. The Kier molecular flexibility index (Phi) is 6.63. The number of aromatic nitrogens is 1. The van der Waals surface area contributed by atoms with E-state index in [0.29, 0.717) is 23.6 Å². The van der Waals surface area contributed by atoms with Gasteiger partial charge in [0.15, 0.2) is 11.5 Å². The molecular formula is C18H27N3O3. The van der Waals surface area contributed by atoms with Gasteiger partial charge >= 0.3 is 0 Å². The Hall–Kier alpha value is -2.05. The van der Waals surface area contributed by atoms with Crippen molar-refractivity contribution in [3.8, 4) is 11.5 Å². The highest BCUT2D eigenvalue weighted by atomic mass is 16.5. The number of rotatable bonds is 9. The first kappa shape index (κ1) is 18.3. The highest BCUT2D eigenvalue weighted by molar-refractivity contribution is 5.83. The van der Waals surface area contributed by atoms with Crippen LogP contribution in [0.5, 0.6) is 11.5 Å². The van der Waals surface area contributed by atoms with E-state index in [1.54, 1.807) is 20.3 Å². The molecule has 2 aromatic rings. The zero-order valence-corrected chi connectivity index (χ0v) is 14.9. The maximum atomic E-state index is 12.2. The first-order valence-corrected chi connectivity index (χ1v) is 8.33. The minimum atomic E-state index is -0.0786. The first-order valence-electron chi connectivity index (χ1n) is 8.33. The largest absolute Gasteiger partial charge is 0.493 e. The fraction of sp³-hybridized carbons (Fsp3) is 0.500. The summed E-state index contributed by atoms with van der Waals surface area (Å²) in [7, 11) is 3.18. The summed E-state index contributed by atoms with van der Waals surface area (Å²) in [5, 5.41) is 4.26. The van der Waals surface area contributed by atoms with E-state index in [9.17, 15) is 4.79 Å². The molecule has 132 valence electrons. The maximum Gasteiger partial charge on any atom is 0.252 e. The number of methoxy groups -OCH3 is 2. The molecule has 0 radical (unpaired) electrons. The van der Waals surface area contributed by atoms with Crippen molar-refractivity contribution in [2.24, 2.45) is 0 Å². The van der Waals surface area contributed by atoms with Gasteiger partial charge in [0.05, 0.1) is 19.7 Å². The van der Waals surface area contributed by atoms with Gasteiger partial charge in [-0.2, -0.15) is 0 Å². The number of ether oxygens (including phenoxy) is 2. The van der Waals surface area contributed by atoms with Crippen LogP contribution in [0.4, 0.5) is 0 Å². The number of benzene rings is 1. The second kappa shape index (κ2) is 8.70. The van der Waals surface area contributed by atoms with Crippen molar-refractivity contribution >= 4 is 10.9 Å². The van der Waals surface area contributed by atoms with Gasteiger partial charge in [-0.15, -0.1) is 0 Å². The molecule has 0 atom stereocenters. The van der Waals surface area contributed by atoms with Gasteiger partial charge in [0.1, 0.15) is 0 Å². The topological polar surface area (TPSA) is 66.6 Å². The van der Waals surface area contributed by atoms with Crippen LogP contribution in [0.1, 0.15) is 19.4 Å². The molecule has 1 aromatic carbocycles. The average molecular weight is 333 g/mol. The molecule has 0 aliphatic carbocycles. The Morgan fingerprint density at radius 2 is 1.75 bits per heavy atom. The lowest BCUT2D eigenvalue weighted by molar-refractivity contribution is 0.302. The van der Waals surface area contributed by atoms with Gasteiger partial charge in [0, 0.05) is 36.7 Å². The summed E-state index contributed by atoms with van der Waals surface area (Å²) in [4.78, 5) is 17.5. The molecule has 0 aliphatic rings. The molecule has 0 amide bonds. The van der Waals surface area contributed by atoms with Crippen LogP contribution in [0.2, 0.25) is 0 Å². The third kappa shape index (κ3) is 4.27. The molecular weight excluding hydrogens is 306 g/mol. The van der Waals surface area contributed by atoms with Gasteiger partial charge in [0.25, 0.3) is 5.56 Å². The van der Waals surface area contributed by atoms with Crippen LogP contribution in [-0.4, -0.2) is 50.3 Å². The normalized spacial score (nSPS) is 11.2. The van der Waals surface area contributed by atoms with E-state index < -0.39 is 0 Å². The quantitative estimate of drug-likeness (QED) is 0.687. The molecule has 0 fully saturated rings. The summed E-state index contributed by atoms with van der Waals surface area (Å²) in [5.41, 5.74) is 1.38. The molecule has 0 aliphatic heterocycles. The van der Waals surface area contributed by atoms with E-state index >= 15 is 0 Å². The van der Waals surface area contributed by atoms with Crippen molar-refractivity contribution in [3.63, 3.8) is 0 Å². The predicted octanol–water partition coefficient (Wildman–Crippen LogP) is 1.98. The molecule has 0 saturated carbocycles. The Bertz CT molecular complexity index is 723. The van der Waals surface area contributed by atoms with Crippen LogP contribution in [0.3, 0.4) is 0 Å². The lowest BCUT2D eigenvalue weighted by atomic mass is 10.1. The number of hydrogen-bond acceptors (Lipinski definition) is 5. The minimum absolute atomic E-state index is 0.0786. The van der Waals surface area contributed by atoms with Crippen LogP contribution in [0.25, 0.3) is 10.9 Å². The predicted molar refractivity (Wildman–Crippen MR) is 97.2 cm³/mol. The number of H-pyrrole nitrogens is 1. The first-order chi connectivity index (χ1) is 11.6. The Balaban J connectivity index is 2.13. The van der Waals surface area contributed by atoms with E-state index in [1.807, 2.05) is 12.1 Å². The molecule has 2 N–H and O–H groups in total. The van der Waals surface area contributed by atoms with Crippen molar-refractivity contribution in [2.45, 2.75) is 20.4 Å². The van der Waals surface area contributed by atoms with Gasteiger partial charge < -0.3 is 24.7 Å². The van der Waals surface area contributed by atoms with Crippen molar-refractivity contribution in [1.82, 2.24) is 15.2 Å².